The fraction of sp³-hybridized carbons (Fsp3) is 0.400. The van der Waals surface area contributed by atoms with Crippen LogP contribution in [0.1, 0.15) is 42.5 Å². The van der Waals surface area contributed by atoms with Gasteiger partial charge in [-0.05, 0) is 17.2 Å². The second-order valence-corrected chi connectivity index (χ2v) is 14.7. The third kappa shape index (κ3) is 5.92. The van der Waals surface area contributed by atoms with E-state index >= 15 is 0 Å². The summed E-state index contributed by atoms with van der Waals surface area (Å²) in [5.41, 5.74) is 0.747. The van der Waals surface area contributed by atoms with Crippen LogP contribution in [0.3, 0.4) is 0 Å². The Bertz CT molecular complexity index is 1900. The number of benzene rings is 3. The van der Waals surface area contributed by atoms with E-state index in [1.807, 2.05) is 72.8 Å². The van der Waals surface area contributed by atoms with Gasteiger partial charge in [-0.2, -0.15) is 5.06 Å². The van der Waals surface area contributed by atoms with Crippen LogP contribution >= 0.6 is 0 Å². The smallest absolute Gasteiger partial charge is 0.348 e. The minimum Gasteiger partial charge on any atom is -0.462 e. The van der Waals surface area contributed by atoms with E-state index in [0.29, 0.717) is 11.1 Å². The molecule has 5 aliphatic rings. The number of ether oxygens (including phenoxy) is 5. The third-order valence-electron chi connectivity index (χ3n) is 10.7. The number of fused-ring (bicyclic) bond motifs is 4. The zero-order chi connectivity index (χ0) is 37.0. The van der Waals surface area contributed by atoms with Crippen LogP contribution < -0.4 is 5.32 Å². The quantitative estimate of drug-likeness (QED) is 0.179. The largest absolute Gasteiger partial charge is 0.462 e. The fourth-order valence-electron chi connectivity index (χ4n) is 8.25. The lowest BCUT2D eigenvalue weighted by molar-refractivity contribution is -0.213. The van der Waals surface area contributed by atoms with Gasteiger partial charge in [0.25, 0.3) is 0 Å². The summed E-state index contributed by atoms with van der Waals surface area (Å²) in [5, 5.41) is 13.9. The van der Waals surface area contributed by atoms with Crippen molar-refractivity contribution in [1.29, 1.82) is 0 Å². The molecule has 3 aromatic rings. The lowest BCUT2D eigenvalue weighted by atomic mass is 9.62. The molecule has 7 atom stereocenters. The lowest BCUT2D eigenvalue weighted by Gasteiger charge is -2.48. The molecule has 8 rings (SSSR count). The first-order chi connectivity index (χ1) is 25.6. The summed E-state index contributed by atoms with van der Waals surface area (Å²) in [4.78, 5) is 59.7. The van der Waals surface area contributed by atoms with E-state index in [2.05, 4.69) is 5.32 Å². The Balaban J connectivity index is 1.10. The SMILES string of the molecule is CC1(C)COC(=O)[C@@H]1OC(=O)C=Cc1cccc(CN2O[C@@H]3[C@H]4OC(c5ccccc5)(c5ccccc5)O[C@H]4[C@@H]4C[C@]3(C(=O)NCCO)[C@@H]2C(=O)O4)c1. The van der Waals surface area contributed by atoms with Gasteiger partial charge in [0.1, 0.15) is 36.4 Å². The lowest BCUT2D eigenvalue weighted by Crippen LogP contribution is -2.69. The highest BCUT2D eigenvalue weighted by Gasteiger charge is 2.76. The fourth-order valence-corrected chi connectivity index (χ4v) is 8.25. The van der Waals surface area contributed by atoms with Crippen LogP contribution in [-0.2, 0) is 60.0 Å². The van der Waals surface area contributed by atoms with E-state index in [4.69, 9.17) is 28.5 Å². The Morgan fingerprint density at radius 1 is 0.943 bits per heavy atom. The third-order valence-corrected chi connectivity index (χ3v) is 10.7. The summed E-state index contributed by atoms with van der Waals surface area (Å²) in [5.74, 6) is -3.73. The van der Waals surface area contributed by atoms with Gasteiger partial charge >= 0.3 is 17.9 Å². The molecule has 13 nitrogen and oxygen atoms in total. The van der Waals surface area contributed by atoms with Gasteiger partial charge < -0.3 is 34.1 Å². The number of carbonyl (C=O) groups is 4. The Kier molecular flexibility index (Phi) is 8.94. The van der Waals surface area contributed by atoms with Crippen molar-refractivity contribution >= 4 is 29.9 Å². The van der Waals surface area contributed by atoms with Gasteiger partial charge in [-0.1, -0.05) is 98.8 Å². The maximum absolute atomic E-state index is 14.3. The number of aliphatic hydroxyl groups is 1. The predicted octanol–water partition coefficient (Wildman–Crippen LogP) is 2.79. The van der Waals surface area contributed by atoms with E-state index in [1.165, 1.54) is 11.1 Å². The highest BCUT2D eigenvalue weighted by molar-refractivity contribution is 5.94. The van der Waals surface area contributed by atoms with Crippen molar-refractivity contribution in [3.8, 4) is 0 Å². The van der Waals surface area contributed by atoms with Crippen LogP contribution in [-0.4, -0.2) is 90.3 Å². The van der Waals surface area contributed by atoms with Crippen molar-refractivity contribution < 1.29 is 52.8 Å². The second kappa shape index (κ2) is 13.5. The standard InChI is InChI=1S/C40H40N2O11/c1-38(2)23-48-36(46)34(38)50-29(44)17-16-24-10-9-11-25(20-24)22-42-32-35(45)49-28-21-39(32,37(47)41-18-19-43)33(53-42)31-30(28)51-40(52-31,26-12-5-3-6-13-26)27-14-7-4-8-15-27/h3-17,20,28,30-34,43H,18-19,21-23H2,1-2H3,(H,41,47)/t28-,30-,31-,32-,33+,34-,39-/m0/s1. The van der Waals surface area contributed by atoms with Crippen LogP contribution in [0.4, 0.5) is 0 Å². The van der Waals surface area contributed by atoms with Crippen LogP contribution in [0.25, 0.3) is 6.08 Å². The molecule has 2 bridgehead atoms. The predicted molar refractivity (Wildman–Crippen MR) is 185 cm³/mol. The average Bonchev–Trinajstić information content (AvgIpc) is 3.82. The first-order valence-corrected chi connectivity index (χ1v) is 17.7. The monoisotopic (exact) mass is 724 g/mol. The summed E-state index contributed by atoms with van der Waals surface area (Å²) in [7, 11) is 0. The molecule has 1 amide bonds. The molecule has 2 N–H and O–H groups in total. The molecule has 276 valence electrons. The van der Waals surface area contributed by atoms with Gasteiger partial charge in [0.05, 0.1) is 13.2 Å². The molecule has 0 unspecified atom stereocenters. The summed E-state index contributed by atoms with van der Waals surface area (Å²) >= 11 is 0. The molecule has 1 saturated carbocycles. The van der Waals surface area contributed by atoms with Crippen molar-refractivity contribution in [1.82, 2.24) is 10.4 Å². The van der Waals surface area contributed by atoms with Gasteiger partial charge in [-0.3, -0.25) is 14.4 Å². The van der Waals surface area contributed by atoms with Gasteiger partial charge in [0.15, 0.2) is 6.04 Å². The second-order valence-electron chi connectivity index (χ2n) is 14.7. The number of hydroxylamine groups is 2. The highest BCUT2D eigenvalue weighted by atomic mass is 16.8. The normalized spacial score (nSPS) is 30.8. The summed E-state index contributed by atoms with van der Waals surface area (Å²) in [6.07, 6.45) is -1.47. The molecule has 0 aromatic heterocycles. The van der Waals surface area contributed by atoms with Gasteiger partial charge in [-0.15, -0.1) is 0 Å². The van der Waals surface area contributed by atoms with Crippen LogP contribution in [0.15, 0.2) is 91.0 Å². The highest BCUT2D eigenvalue weighted by Crippen LogP contribution is 2.59. The maximum Gasteiger partial charge on any atom is 0.348 e. The van der Waals surface area contributed by atoms with Gasteiger partial charge in [0, 0.05) is 35.6 Å². The molecule has 4 saturated heterocycles. The number of carbonyl (C=O) groups excluding carboxylic acids is 4. The number of aliphatic hydroxyl groups excluding tert-OH is 1. The van der Waals surface area contributed by atoms with Crippen molar-refractivity contribution in [2.24, 2.45) is 10.8 Å². The first-order valence-electron chi connectivity index (χ1n) is 17.7. The van der Waals surface area contributed by atoms with E-state index in [0.717, 1.165) is 11.1 Å². The van der Waals surface area contributed by atoms with Crippen molar-refractivity contribution in [3.63, 3.8) is 0 Å². The number of cyclic esters (lactones) is 1. The number of nitrogens with zero attached hydrogens (tertiary/aromatic N) is 1. The zero-order valence-corrected chi connectivity index (χ0v) is 29.2. The van der Waals surface area contributed by atoms with Crippen molar-refractivity contribution in [3.05, 3.63) is 113 Å². The molecular formula is C40H40N2O11. The Morgan fingerprint density at radius 3 is 2.30 bits per heavy atom. The van der Waals surface area contributed by atoms with E-state index < -0.39 is 77.0 Å². The molecule has 4 heterocycles. The Hall–Kier alpha value is -4.92. The first kappa shape index (κ1) is 35.1. The van der Waals surface area contributed by atoms with Crippen LogP contribution in [0, 0.1) is 10.8 Å². The Morgan fingerprint density at radius 2 is 1.64 bits per heavy atom. The summed E-state index contributed by atoms with van der Waals surface area (Å²) in [6, 6.07) is 25.0. The van der Waals surface area contributed by atoms with Crippen LogP contribution in [0.5, 0.6) is 0 Å². The molecular weight excluding hydrogens is 684 g/mol. The number of esters is 3. The number of amides is 1. The van der Waals surface area contributed by atoms with E-state index in [9.17, 15) is 24.3 Å². The van der Waals surface area contributed by atoms with Crippen LogP contribution in [0.2, 0.25) is 0 Å². The maximum atomic E-state index is 14.3. The summed E-state index contributed by atoms with van der Waals surface area (Å²) in [6.45, 7) is 3.51. The molecule has 0 radical (unpaired) electrons. The van der Waals surface area contributed by atoms with Gasteiger partial charge in [0.2, 0.25) is 17.8 Å². The molecule has 4 aliphatic heterocycles. The molecule has 0 spiro atoms. The zero-order valence-electron chi connectivity index (χ0n) is 29.2. The Labute approximate surface area is 305 Å². The molecule has 53 heavy (non-hydrogen) atoms. The number of hydrogen-bond donors (Lipinski definition) is 2. The molecule has 13 heteroatoms. The molecule has 3 aromatic carbocycles. The minimum atomic E-state index is -1.43. The van der Waals surface area contributed by atoms with Crippen molar-refractivity contribution in [2.45, 2.75) is 69.2 Å². The molecule has 5 fully saturated rings. The number of nitrogens with one attached hydrogen (secondary N) is 1. The van der Waals surface area contributed by atoms with E-state index in [1.54, 1.807) is 32.1 Å². The van der Waals surface area contributed by atoms with Gasteiger partial charge in [-0.25, -0.2) is 9.59 Å². The molecule has 1 aliphatic carbocycles. The average molecular weight is 725 g/mol. The number of rotatable bonds is 10. The van der Waals surface area contributed by atoms with Crippen molar-refractivity contribution in [2.75, 3.05) is 19.8 Å². The summed E-state index contributed by atoms with van der Waals surface area (Å²) < 4.78 is 30.4. The topological polar surface area (TPSA) is 159 Å². The van der Waals surface area contributed by atoms with E-state index in [-0.39, 0.29) is 32.7 Å². The minimum absolute atomic E-state index is 0.0145. The number of hydrogen-bond acceptors (Lipinski definition) is 12.